The molecule has 0 bridgehead atoms. The zero-order valence-corrected chi connectivity index (χ0v) is 15.5. The Balaban J connectivity index is 3.15. The second kappa shape index (κ2) is 6.65. The molecule has 0 aromatic heterocycles. The van der Waals surface area contributed by atoms with Crippen molar-refractivity contribution in [3.8, 4) is 0 Å². The molecule has 5 nitrogen and oxygen atoms in total. The summed E-state index contributed by atoms with van der Waals surface area (Å²) in [5.41, 5.74) is -0.863. The van der Waals surface area contributed by atoms with Gasteiger partial charge in [-0.05, 0) is 33.6 Å². The zero-order valence-electron chi connectivity index (χ0n) is 14.8. The molecule has 1 aliphatic rings. The summed E-state index contributed by atoms with van der Waals surface area (Å²) in [6.07, 6.45) is 0.473. The number of rotatable bonds is 3. The summed E-state index contributed by atoms with van der Waals surface area (Å²) in [6.45, 7) is 11.5. The van der Waals surface area contributed by atoms with Crippen molar-refractivity contribution in [2.24, 2.45) is 5.41 Å². The van der Waals surface area contributed by atoms with Crippen molar-refractivity contribution in [1.29, 1.82) is 0 Å². The van der Waals surface area contributed by atoms with Gasteiger partial charge >= 0.3 is 6.09 Å². The minimum absolute atomic E-state index is 0.0455. The van der Waals surface area contributed by atoms with E-state index >= 15 is 0 Å². The molecule has 0 aromatic carbocycles. The first-order valence-electron chi connectivity index (χ1n) is 7.74. The Morgan fingerprint density at radius 2 is 1.77 bits per heavy atom. The zero-order chi connectivity index (χ0) is 17.3. The van der Waals surface area contributed by atoms with Gasteiger partial charge in [-0.15, -0.1) is 11.6 Å². The molecule has 1 aliphatic heterocycles. The van der Waals surface area contributed by atoms with Gasteiger partial charge in [0.05, 0.1) is 0 Å². The number of carbonyl (C=O) groups is 2. The topological polar surface area (TPSA) is 49.9 Å². The predicted molar refractivity (Wildman–Crippen MR) is 87.8 cm³/mol. The van der Waals surface area contributed by atoms with Crippen LogP contribution < -0.4 is 0 Å². The Bertz CT molecular complexity index is 426. The lowest BCUT2D eigenvalue weighted by Gasteiger charge is -2.39. The molecule has 6 heteroatoms. The highest BCUT2D eigenvalue weighted by atomic mass is 35.5. The highest BCUT2D eigenvalue weighted by Gasteiger charge is 2.52. The van der Waals surface area contributed by atoms with E-state index in [1.54, 1.807) is 16.8 Å². The predicted octanol–water partition coefficient (Wildman–Crippen LogP) is 3.46. The van der Waals surface area contributed by atoms with Crippen LogP contribution in [0.4, 0.5) is 4.79 Å². The number of ether oxygens (including phenoxy) is 1. The Labute approximate surface area is 138 Å². The number of alkyl halides is 1. The minimum Gasteiger partial charge on any atom is -0.444 e. The summed E-state index contributed by atoms with van der Waals surface area (Å²) in [4.78, 5) is 28.5. The number of nitrogens with zero attached hydrogens (tertiary/aromatic N) is 2. The summed E-state index contributed by atoms with van der Waals surface area (Å²) >= 11 is 5.76. The van der Waals surface area contributed by atoms with Crippen molar-refractivity contribution in [2.75, 3.05) is 12.9 Å². The van der Waals surface area contributed by atoms with Crippen LogP contribution in [-0.2, 0) is 9.53 Å². The third-order valence-electron chi connectivity index (χ3n) is 3.59. The van der Waals surface area contributed by atoms with Crippen LogP contribution in [0.5, 0.6) is 0 Å². The van der Waals surface area contributed by atoms with E-state index in [9.17, 15) is 9.59 Å². The van der Waals surface area contributed by atoms with Crippen LogP contribution in [0.15, 0.2) is 0 Å². The molecule has 1 heterocycles. The second-order valence-electron chi connectivity index (χ2n) is 7.92. The second-order valence-corrected chi connectivity index (χ2v) is 8.30. The fourth-order valence-electron chi connectivity index (χ4n) is 2.90. The molecular formula is C16H29ClN2O3. The van der Waals surface area contributed by atoms with E-state index in [1.165, 1.54) is 0 Å². The van der Waals surface area contributed by atoms with Crippen LogP contribution in [0.1, 0.15) is 54.4 Å². The first-order valence-corrected chi connectivity index (χ1v) is 8.27. The van der Waals surface area contributed by atoms with Crippen molar-refractivity contribution in [2.45, 2.75) is 72.2 Å². The first kappa shape index (κ1) is 19.1. The number of halogens is 1. The summed E-state index contributed by atoms with van der Waals surface area (Å²) in [5, 5.41) is 0. The summed E-state index contributed by atoms with van der Waals surface area (Å²) in [7, 11) is 1.75. The minimum atomic E-state index is -0.596. The summed E-state index contributed by atoms with van der Waals surface area (Å²) < 4.78 is 5.53. The van der Waals surface area contributed by atoms with E-state index in [0.29, 0.717) is 18.7 Å². The molecule has 2 atom stereocenters. The Morgan fingerprint density at radius 1 is 1.23 bits per heavy atom. The van der Waals surface area contributed by atoms with Crippen LogP contribution in [-0.4, -0.2) is 52.5 Å². The normalized spacial score (nSPS) is 23.2. The molecule has 0 aliphatic carbocycles. The van der Waals surface area contributed by atoms with Crippen LogP contribution in [0.3, 0.4) is 0 Å². The molecule has 0 N–H and O–H groups in total. The summed E-state index contributed by atoms with van der Waals surface area (Å²) in [6, 6.07) is -0.497. The van der Waals surface area contributed by atoms with E-state index in [1.807, 2.05) is 41.5 Å². The molecule has 1 fully saturated rings. The van der Waals surface area contributed by atoms with Crippen molar-refractivity contribution in [3.05, 3.63) is 0 Å². The molecule has 128 valence electrons. The van der Waals surface area contributed by atoms with Gasteiger partial charge in [0.15, 0.2) is 0 Å². The van der Waals surface area contributed by atoms with Crippen LogP contribution >= 0.6 is 11.6 Å². The molecule has 1 saturated heterocycles. The molecule has 0 radical (unpaired) electrons. The average Bonchev–Trinajstić information content (AvgIpc) is 2.57. The van der Waals surface area contributed by atoms with E-state index in [0.717, 1.165) is 0 Å². The van der Waals surface area contributed by atoms with Crippen LogP contribution in [0.2, 0.25) is 0 Å². The van der Waals surface area contributed by atoms with Gasteiger partial charge in [-0.2, -0.15) is 0 Å². The van der Waals surface area contributed by atoms with Gasteiger partial charge in [-0.3, -0.25) is 9.69 Å². The Morgan fingerprint density at radius 3 is 2.18 bits per heavy atom. The molecule has 1 rings (SSSR count). The molecule has 22 heavy (non-hydrogen) atoms. The van der Waals surface area contributed by atoms with Gasteiger partial charge in [0, 0.05) is 18.3 Å². The van der Waals surface area contributed by atoms with Crippen molar-refractivity contribution < 1.29 is 14.3 Å². The monoisotopic (exact) mass is 332 g/mol. The maximum absolute atomic E-state index is 12.7. The molecular weight excluding hydrogens is 304 g/mol. The van der Waals surface area contributed by atoms with Gasteiger partial charge in [-0.25, -0.2) is 4.79 Å². The highest BCUT2D eigenvalue weighted by Crippen LogP contribution is 2.36. The van der Waals surface area contributed by atoms with Gasteiger partial charge < -0.3 is 9.64 Å². The lowest BCUT2D eigenvalue weighted by atomic mass is 9.91. The van der Waals surface area contributed by atoms with E-state index in [2.05, 4.69) is 0 Å². The molecule has 2 amide bonds. The largest absolute Gasteiger partial charge is 0.444 e. The number of hydrogen-bond acceptors (Lipinski definition) is 3. The van der Waals surface area contributed by atoms with Crippen LogP contribution in [0, 0.1) is 5.41 Å². The first-order chi connectivity index (χ1) is 9.90. The van der Waals surface area contributed by atoms with E-state index in [-0.39, 0.29) is 17.5 Å². The fourth-order valence-corrected chi connectivity index (χ4v) is 3.06. The highest BCUT2D eigenvalue weighted by molar-refractivity contribution is 6.17. The third kappa shape index (κ3) is 4.28. The average molecular weight is 333 g/mol. The van der Waals surface area contributed by atoms with E-state index in [4.69, 9.17) is 16.3 Å². The maximum atomic E-state index is 12.7. The lowest BCUT2D eigenvalue weighted by Crippen LogP contribution is -2.52. The smallest absolute Gasteiger partial charge is 0.412 e. The fraction of sp³-hybridized carbons (Fsp3) is 0.875. The van der Waals surface area contributed by atoms with Gasteiger partial charge in [0.2, 0.25) is 5.91 Å². The number of hydrogen-bond donors (Lipinski definition) is 0. The lowest BCUT2D eigenvalue weighted by molar-refractivity contribution is -0.129. The maximum Gasteiger partial charge on any atom is 0.412 e. The standard InChI is InChI=1S/C16H29ClN2O3/c1-15(2,3)13-18(7)12(20)11(9-8-10-17)19(13)14(21)22-16(4,5)6/h11,13H,8-10H2,1-7H3. The van der Waals surface area contributed by atoms with Crippen molar-refractivity contribution in [1.82, 2.24) is 9.80 Å². The molecule has 0 aromatic rings. The van der Waals surface area contributed by atoms with Crippen molar-refractivity contribution >= 4 is 23.6 Å². The molecule has 0 saturated carbocycles. The molecule has 2 unspecified atom stereocenters. The number of amides is 2. The van der Waals surface area contributed by atoms with E-state index < -0.39 is 17.7 Å². The SMILES string of the molecule is CN1C(=O)C(CCCCl)N(C(=O)OC(C)(C)C)C1C(C)(C)C. The van der Waals surface area contributed by atoms with Crippen molar-refractivity contribution in [3.63, 3.8) is 0 Å². The number of likely N-dealkylation sites (N-methyl/N-ethyl adjacent to an activating group) is 1. The quantitative estimate of drug-likeness (QED) is 0.744. The molecule has 0 spiro atoms. The Kier molecular flexibility index (Phi) is 5.77. The van der Waals surface area contributed by atoms with Gasteiger partial charge in [0.25, 0.3) is 0 Å². The Hall–Kier alpha value is -0.970. The van der Waals surface area contributed by atoms with Gasteiger partial charge in [0.1, 0.15) is 17.8 Å². The third-order valence-corrected chi connectivity index (χ3v) is 3.86. The van der Waals surface area contributed by atoms with Gasteiger partial charge in [-0.1, -0.05) is 20.8 Å². The number of carbonyl (C=O) groups excluding carboxylic acids is 2. The van der Waals surface area contributed by atoms with Crippen LogP contribution in [0.25, 0.3) is 0 Å². The summed E-state index contributed by atoms with van der Waals surface area (Å²) in [5.74, 6) is 0.423.